The third-order valence-electron chi connectivity index (χ3n) is 3.87. The highest BCUT2D eigenvalue weighted by molar-refractivity contribution is 9.10. The first-order chi connectivity index (χ1) is 7.89. The van der Waals surface area contributed by atoms with Gasteiger partial charge >= 0.3 is 0 Å². The van der Waals surface area contributed by atoms with E-state index in [0.717, 1.165) is 10.0 Å². The van der Waals surface area contributed by atoms with Crippen molar-refractivity contribution in [3.05, 3.63) is 28.2 Å². The van der Waals surface area contributed by atoms with E-state index >= 15 is 0 Å². The third kappa shape index (κ3) is 2.80. The molecular formula is C14H21BrO2S. The molecule has 1 aromatic carbocycles. The maximum atomic E-state index is 12.0. The lowest BCUT2D eigenvalue weighted by atomic mass is 9.65. The lowest BCUT2D eigenvalue weighted by molar-refractivity contribution is 0.221. The minimum atomic E-state index is -3.23. The van der Waals surface area contributed by atoms with Crippen LogP contribution >= 0.6 is 15.9 Å². The Bertz CT molecular complexity index is 552. The Kier molecular flexibility index (Phi) is 4.05. The van der Waals surface area contributed by atoms with Crippen LogP contribution in [0.1, 0.15) is 40.2 Å². The van der Waals surface area contributed by atoms with E-state index in [-0.39, 0.29) is 10.8 Å². The SMILES string of the molecule is CC(C)(C)C(C)(C)c1c(Br)cccc1S(C)(=O)=O. The van der Waals surface area contributed by atoms with E-state index < -0.39 is 9.84 Å². The summed E-state index contributed by atoms with van der Waals surface area (Å²) in [6, 6.07) is 5.35. The molecular weight excluding hydrogens is 312 g/mol. The van der Waals surface area contributed by atoms with E-state index in [9.17, 15) is 8.42 Å². The fraction of sp³-hybridized carbons (Fsp3) is 0.571. The number of hydrogen-bond donors (Lipinski definition) is 0. The molecule has 4 heteroatoms. The summed E-state index contributed by atoms with van der Waals surface area (Å²) >= 11 is 3.50. The van der Waals surface area contributed by atoms with E-state index in [1.54, 1.807) is 12.1 Å². The molecule has 102 valence electrons. The molecule has 0 bridgehead atoms. The maximum absolute atomic E-state index is 12.0. The van der Waals surface area contributed by atoms with Gasteiger partial charge in [0.05, 0.1) is 4.90 Å². The van der Waals surface area contributed by atoms with E-state index in [2.05, 4.69) is 50.5 Å². The van der Waals surface area contributed by atoms with E-state index in [4.69, 9.17) is 0 Å². The molecule has 0 atom stereocenters. The monoisotopic (exact) mass is 332 g/mol. The van der Waals surface area contributed by atoms with E-state index in [0.29, 0.717) is 4.90 Å². The van der Waals surface area contributed by atoms with Crippen molar-refractivity contribution in [2.75, 3.05) is 6.26 Å². The number of halogens is 1. The number of sulfone groups is 1. The molecule has 0 aliphatic heterocycles. The Labute approximate surface area is 119 Å². The largest absolute Gasteiger partial charge is 0.224 e. The molecule has 18 heavy (non-hydrogen) atoms. The van der Waals surface area contributed by atoms with Crippen LogP contribution in [0.2, 0.25) is 0 Å². The van der Waals surface area contributed by atoms with Gasteiger partial charge in [-0.15, -0.1) is 0 Å². The van der Waals surface area contributed by atoms with Gasteiger partial charge in [-0.3, -0.25) is 0 Å². The third-order valence-corrected chi connectivity index (χ3v) is 5.67. The lowest BCUT2D eigenvalue weighted by Gasteiger charge is -2.41. The summed E-state index contributed by atoms with van der Waals surface area (Å²) in [7, 11) is -3.23. The summed E-state index contributed by atoms with van der Waals surface area (Å²) < 4.78 is 24.8. The molecule has 1 rings (SSSR count). The summed E-state index contributed by atoms with van der Waals surface area (Å²) in [5.74, 6) is 0. The topological polar surface area (TPSA) is 34.1 Å². The normalized spacial score (nSPS) is 13.7. The molecule has 2 nitrogen and oxygen atoms in total. The Balaban J connectivity index is 3.70. The maximum Gasteiger partial charge on any atom is 0.175 e. The Morgan fingerprint density at radius 1 is 1.06 bits per heavy atom. The summed E-state index contributed by atoms with van der Waals surface area (Å²) in [5, 5.41) is 0. The van der Waals surface area contributed by atoms with Crippen LogP contribution in [0.5, 0.6) is 0 Å². The second-order valence-corrected chi connectivity index (χ2v) is 9.10. The predicted molar refractivity (Wildman–Crippen MR) is 79.7 cm³/mol. The minimum absolute atomic E-state index is 0.0453. The van der Waals surface area contributed by atoms with Crippen LogP contribution in [-0.2, 0) is 15.3 Å². The quantitative estimate of drug-likeness (QED) is 0.814. The van der Waals surface area contributed by atoms with Crippen LogP contribution in [0.4, 0.5) is 0 Å². The smallest absolute Gasteiger partial charge is 0.175 e. The van der Waals surface area contributed by atoms with E-state index in [1.807, 2.05) is 6.07 Å². The standard InChI is InChI=1S/C14H21BrO2S/c1-13(2,3)14(4,5)12-10(15)8-7-9-11(12)18(6,16)17/h7-9H,1-6H3. The highest BCUT2D eigenvalue weighted by atomic mass is 79.9. The van der Waals surface area contributed by atoms with Gasteiger partial charge in [0.2, 0.25) is 0 Å². The van der Waals surface area contributed by atoms with Crippen LogP contribution in [0.15, 0.2) is 27.6 Å². The molecule has 0 unspecified atom stereocenters. The van der Waals surface area contributed by atoms with Crippen LogP contribution in [0.3, 0.4) is 0 Å². The van der Waals surface area contributed by atoms with Gasteiger partial charge in [0.1, 0.15) is 0 Å². The van der Waals surface area contributed by atoms with Crippen molar-refractivity contribution in [3.63, 3.8) is 0 Å². The zero-order chi connectivity index (χ0) is 14.4. The average Bonchev–Trinajstić information content (AvgIpc) is 2.13. The fourth-order valence-corrected chi connectivity index (χ4v) is 3.85. The van der Waals surface area contributed by atoms with Crippen molar-refractivity contribution < 1.29 is 8.42 Å². The second kappa shape index (κ2) is 4.64. The van der Waals surface area contributed by atoms with E-state index in [1.165, 1.54) is 6.26 Å². The van der Waals surface area contributed by atoms with Crippen LogP contribution < -0.4 is 0 Å². The zero-order valence-corrected chi connectivity index (χ0v) is 14.2. The molecule has 0 aromatic heterocycles. The van der Waals surface area contributed by atoms with Crippen molar-refractivity contribution in [2.45, 2.75) is 44.9 Å². The highest BCUT2D eigenvalue weighted by Gasteiger charge is 2.38. The van der Waals surface area contributed by atoms with Gasteiger partial charge in [0, 0.05) is 10.7 Å². The van der Waals surface area contributed by atoms with Gasteiger partial charge < -0.3 is 0 Å². The van der Waals surface area contributed by atoms with Crippen molar-refractivity contribution in [1.29, 1.82) is 0 Å². The molecule has 0 N–H and O–H groups in total. The van der Waals surface area contributed by atoms with Gasteiger partial charge in [-0.2, -0.15) is 0 Å². The van der Waals surface area contributed by atoms with Gasteiger partial charge in [-0.05, 0) is 28.5 Å². The Morgan fingerprint density at radius 3 is 1.94 bits per heavy atom. The molecule has 1 aromatic rings. The van der Waals surface area contributed by atoms with Crippen molar-refractivity contribution in [3.8, 4) is 0 Å². The highest BCUT2D eigenvalue weighted by Crippen LogP contribution is 2.46. The molecule has 0 fully saturated rings. The molecule has 0 saturated carbocycles. The summed E-state index contributed by atoms with van der Waals surface area (Å²) in [4.78, 5) is 0.414. The molecule has 0 aliphatic carbocycles. The van der Waals surface area contributed by atoms with Crippen LogP contribution in [-0.4, -0.2) is 14.7 Å². The molecule has 0 amide bonds. The van der Waals surface area contributed by atoms with Gasteiger partial charge in [0.15, 0.2) is 9.84 Å². The summed E-state index contributed by atoms with van der Waals surface area (Å²) in [5.41, 5.74) is 0.557. The second-order valence-electron chi connectivity index (χ2n) is 6.26. The molecule has 0 spiro atoms. The molecule has 0 radical (unpaired) electrons. The van der Waals surface area contributed by atoms with Gasteiger partial charge in [-0.25, -0.2) is 8.42 Å². The zero-order valence-electron chi connectivity index (χ0n) is 11.8. The average molecular weight is 333 g/mol. The minimum Gasteiger partial charge on any atom is -0.224 e. The van der Waals surface area contributed by atoms with Crippen molar-refractivity contribution in [1.82, 2.24) is 0 Å². The summed E-state index contributed by atoms with van der Waals surface area (Å²) in [6.07, 6.45) is 1.26. The van der Waals surface area contributed by atoms with Crippen molar-refractivity contribution in [2.24, 2.45) is 5.41 Å². The fourth-order valence-electron chi connectivity index (χ4n) is 1.79. The first kappa shape index (κ1) is 15.7. The first-order valence-electron chi connectivity index (χ1n) is 5.88. The Morgan fingerprint density at radius 2 is 1.56 bits per heavy atom. The number of rotatable bonds is 2. The molecule has 0 saturated heterocycles. The lowest BCUT2D eigenvalue weighted by Crippen LogP contribution is -2.35. The number of hydrogen-bond acceptors (Lipinski definition) is 2. The number of benzene rings is 1. The molecule has 0 heterocycles. The van der Waals surface area contributed by atoms with Crippen LogP contribution in [0, 0.1) is 5.41 Å². The van der Waals surface area contributed by atoms with Gasteiger partial charge in [0.25, 0.3) is 0 Å². The van der Waals surface area contributed by atoms with Crippen molar-refractivity contribution >= 4 is 25.8 Å². The predicted octanol–water partition coefficient (Wildman–Crippen LogP) is 4.18. The Hall–Kier alpha value is -0.350. The summed E-state index contributed by atoms with van der Waals surface area (Å²) in [6.45, 7) is 10.5. The first-order valence-corrected chi connectivity index (χ1v) is 8.56. The molecule has 0 aliphatic rings. The van der Waals surface area contributed by atoms with Crippen LogP contribution in [0.25, 0.3) is 0 Å². The van der Waals surface area contributed by atoms with Gasteiger partial charge in [-0.1, -0.05) is 56.6 Å².